The number of hydrogen-bond acceptors (Lipinski definition) is 4. The first kappa shape index (κ1) is 16.0. The largest absolute Gasteiger partial charge is 0.364 e. The molecule has 5 nitrogen and oxygen atoms in total. The summed E-state index contributed by atoms with van der Waals surface area (Å²) < 4.78 is 0. The molecule has 1 N–H and O–H groups in total. The number of hydrogen-bond donors (Lipinski definition) is 1. The molecule has 0 spiro atoms. The lowest BCUT2D eigenvalue weighted by molar-refractivity contribution is -0.121. The molecule has 0 saturated carbocycles. The van der Waals surface area contributed by atoms with Gasteiger partial charge in [0.15, 0.2) is 0 Å². The molecule has 108 valence electrons. The van der Waals surface area contributed by atoms with E-state index < -0.39 is 0 Å². The van der Waals surface area contributed by atoms with Gasteiger partial charge in [0, 0.05) is 18.3 Å². The van der Waals surface area contributed by atoms with Crippen LogP contribution in [0.5, 0.6) is 0 Å². The molecule has 20 heavy (non-hydrogen) atoms. The van der Waals surface area contributed by atoms with Gasteiger partial charge in [-0.2, -0.15) is 5.26 Å². The fraction of sp³-hybridized carbons (Fsp3) is 0.533. The molecule has 0 saturated heterocycles. The van der Waals surface area contributed by atoms with Crippen molar-refractivity contribution in [1.29, 1.82) is 5.26 Å². The van der Waals surface area contributed by atoms with E-state index in [1.165, 1.54) is 0 Å². The predicted molar refractivity (Wildman–Crippen MR) is 79.6 cm³/mol. The molecule has 1 rings (SSSR count). The van der Waals surface area contributed by atoms with Crippen molar-refractivity contribution in [3.8, 4) is 6.07 Å². The van der Waals surface area contributed by atoms with Crippen molar-refractivity contribution in [2.75, 3.05) is 18.5 Å². The maximum atomic E-state index is 12.0. The Bertz CT molecular complexity index is 552. The standard InChI is InChI=1S/C15H22N4O/c1-10-7-13(12(8-16)11(2)17-10)19(6)9-14(20)18-15(3,4)5/h7H,9H2,1-6H3,(H,18,20). The van der Waals surface area contributed by atoms with Crippen LogP contribution in [0.2, 0.25) is 0 Å². The first-order chi connectivity index (χ1) is 9.14. The van der Waals surface area contributed by atoms with E-state index in [1.54, 1.807) is 18.9 Å². The Hall–Kier alpha value is -2.09. The van der Waals surface area contributed by atoms with E-state index in [9.17, 15) is 10.1 Å². The topological polar surface area (TPSA) is 69.0 Å². The minimum Gasteiger partial charge on any atom is -0.364 e. The fourth-order valence-electron chi connectivity index (χ4n) is 2.01. The van der Waals surface area contributed by atoms with E-state index in [0.29, 0.717) is 11.3 Å². The number of nitrogens with one attached hydrogen (secondary N) is 1. The fourth-order valence-corrected chi connectivity index (χ4v) is 2.01. The van der Waals surface area contributed by atoms with Gasteiger partial charge in [0.2, 0.25) is 5.91 Å². The number of carbonyl (C=O) groups is 1. The minimum atomic E-state index is -0.264. The minimum absolute atomic E-state index is 0.0731. The van der Waals surface area contributed by atoms with E-state index in [0.717, 1.165) is 11.4 Å². The Labute approximate surface area is 120 Å². The van der Waals surface area contributed by atoms with Crippen LogP contribution in [0.15, 0.2) is 6.07 Å². The second-order valence-corrected chi connectivity index (χ2v) is 6.01. The Kier molecular flexibility index (Phi) is 4.72. The van der Waals surface area contributed by atoms with E-state index in [4.69, 9.17) is 0 Å². The predicted octanol–water partition coefficient (Wildman–Crippen LogP) is 1.92. The zero-order valence-electron chi connectivity index (χ0n) is 13.0. The maximum Gasteiger partial charge on any atom is 0.239 e. The Balaban J connectivity index is 2.96. The Morgan fingerprint density at radius 1 is 1.45 bits per heavy atom. The highest BCUT2D eigenvalue weighted by Gasteiger charge is 2.18. The highest BCUT2D eigenvalue weighted by molar-refractivity contribution is 5.82. The molecule has 1 heterocycles. The normalized spacial score (nSPS) is 10.8. The molecular weight excluding hydrogens is 252 g/mol. The van der Waals surface area contributed by atoms with Gasteiger partial charge in [-0.15, -0.1) is 0 Å². The van der Waals surface area contributed by atoms with Gasteiger partial charge in [-0.05, 0) is 40.7 Å². The summed E-state index contributed by atoms with van der Waals surface area (Å²) in [6, 6.07) is 3.99. The summed E-state index contributed by atoms with van der Waals surface area (Å²) in [6.07, 6.45) is 0. The van der Waals surface area contributed by atoms with Gasteiger partial charge >= 0.3 is 0 Å². The Morgan fingerprint density at radius 3 is 2.55 bits per heavy atom. The average Bonchev–Trinajstić information content (AvgIpc) is 2.24. The van der Waals surface area contributed by atoms with E-state index >= 15 is 0 Å². The van der Waals surface area contributed by atoms with Gasteiger partial charge in [0.05, 0.1) is 23.5 Å². The van der Waals surface area contributed by atoms with Gasteiger partial charge in [0.25, 0.3) is 0 Å². The lowest BCUT2D eigenvalue weighted by Gasteiger charge is -2.25. The van der Waals surface area contributed by atoms with Crippen molar-refractivity contribution < 1.29 is 4.79 Å². The molecule has 5 heteroatoms. The number of aromatic nitrogens is 1. The van der Waals surface area contributed by atoms with Crippen LogP contribution in [0.3, 0.4) is 0 Å². The number of nitriles is 1. The van der Waals surface area contributed by atoms with Crippen LogP contribution in [0.25, 0.3) is 0 Å². The number of aryl methyl sites for hydroxylation is 2. The molecule has 1 aromatic rings. The smallest absolute Gasteiger partial charge is 0.239 e. The van der Waals surface area contributed by atoms with E-state index in [-0.39, 0.29) is 18.0 Å². The molecular formula is C15H22N4O. The summed E-state index contributed by atoms with van der Waals surface area (Å²) in [6.45, 7) is 9.69. The first-order valence-electron chi connectivity index (χ1n) is 6.54. The van der Waals surface area contributed by atoms with Gasteiger partial charge < -0.3 is 10.2 Å². The van der Waals surface area contributed by atoms with Crippen LogP contribution >= 0.6 is 0 Å². The van der Waals surface area contributed by atoms with Crippen LogP contribution in [0.4, 0.5) is 5.69 Å². The summed E-state index contributed by atoms with van der Waals surface area (Å²) >= 11 is 0. The Morgan fingerprint density at radius 2 is 2.05 bits per heavy atom. The SMILES string of the molecule is Cc1cc(N(C)CC(=O)NC(C)(C)C)c(C#N)c(C)n1. The molecule has 0 aliphatic carbocycles. The lowest BCUT2D eigenvalue weighted by atomic mass is 10.1. The second-order valence-electron chi connectivity index (χ2n) is 6.01. The van der Waals surface area contributed by atoms with Gasteiger partial charge in [0.1, 0.15) is 6.07 Å². The maximum absolute atomic E-state index is 12.0. The zero-order valence-corrected chi connectivity index (χ0v) is 13.0. The monoisotopic (exact) mass is 274 g/mol. The van der Waals surface area contributed by atoms with Crippen molar-refractivity contribution in [2.24, 2.45) is 0 Å². The number of anilines is 1. The summed E-state index contributed by atoms with van der Waals surface area (Å²) in [5.74, 6) is -0.0731. The zero-order chi connectivity index (χ0) is 15.5. The quantitative estimate of drug-likeness (QED) is 0.914. The molecule has 0 aromatic carbocycles. The lowest BCUT2D eigenvalue weighted by Crippen LogP contribution is -2.45. The second kappa shape index (κ2) is 5.91. The summed E-state index contributed by atoms with van der Waals surface area (Å²) in [5.41, 5.74) is 2.51. The highest BCUT2D eigenvalue weighted by Crippen LogP contribution is 2.22. The number of rotatable bonds is 3. The third-order valence-electron chi connectivity index (χ3n) is 2.73. The van der Waals surface area contributed by atoms with Crippen LogP contribution in [0, 0.1) is 25.2 Å². The number of amides is 1. The van der Waals surface area contributed by atoms with Crippen LogP contribution in [0.1, 0.15) is 37.7 Å². The van der Waals surface area contributed by atoms with Crippen LogP contribution < -0.4 is 10.2 Å². The van der Waals surface area contributed by atoms with Crippen molar-refractivity contribution in [1.82, 2.24) is 10.3 Å². The molecule has 0 atom stereocenters. The van der Waals surface area contributed by atoms with Crippen LogP contribution in [-0.2, 0) is 4.79 Å². The van der Waals surface area contributed by atoms with Gasteiger partial charge in [-0.25, -0.2) is 0 Å². The number of likely N-dealkylation sites (N-methyl/N-ethyl adjacent to an activating group) is 1. The van der Waals surface area contributed by atoms with Crippen molar-refractivity contribution in [2.45, 2.75) is 40.2 Å². The molecule has 0 bridgehead atoms. The third-order valence-corrected chi connectivity index (χ3v) is 2.73. The number of carbonyl (C=O) groups excluding carboxylic acids is 1. The molecule has 0 aliphatic rings. The number of pyridine rings is 1. The van der Waals surface area contributed by atoms with E-state index in [1.807, 2.05) is 33.8 Å². The third kappa shape index (κ3) is 4.23. The molecule has 0 aliphatic heterocycles. The van der Waals surface area contributed by atoms with Crippen molar-refractivity contribution >= 4 is 11.6 Å². The first-order valence-corrected chi connectivity index (χ1v) is 6.54. The summed E-state index contributed by atoms with van der Waals surface area (Å²) in [7, 11) is 1.80. The molecule has 0 radical (unpaired) electrons. The van der Waals surface area contributed by atoms with Crippen molar-refractivity contribution in [3.63, 3.8) is 0 Å². The van der Waals surface area contributed by atoms with Gasteiger partial charge in [-0.1, -0.05) is 0 Å². The highest BCUT2D eigenvalue weighted by atomic mass is 16.2. The molecule has 0 unspecified atom stereocenters. The summed E-state index contributed by atoms with van der Waals surface area (Å²) in [4.78, 5) is 18.0. The van der Waals surface area contributed by atoms with Gasteiger partial charge in [-0.3, -0.25) is 9.78 Å². The van der Waals surface area contributed by atoms with Crippen molar-refractivity contribution in [3.05, 3.63) is 23.0 Å². The molecule has 0 fully saturated rings. The number of nitrogens with zero attached hydrogens (tertiary/aromatic N) is 3. The molecule has 1 amide bonds. The average molecular weight is 274 g/mol. The van der Waals surface area contributed by atoms with E-state index in [2.05, 4.69) is 16.4 Å². The van der Waals surface area contributed by atoms with Crippen LogP contribution in [-0.4, -0.2) is 30.0 Å². The molecule has 1 aromatic heterocycles. The summed E-state index contributed by atoms with van der Waals surface area (Å²) in [5, 5.41) is 12.1.